The Kier molecular flexibility index (Phi) is 6.44. The monoisotopic (exact) mass is 302 g/mol. The molecule has 5 nitrogen and oxygen atoms in total. The van der Waals surface area contributed by atoms with E-state index in [1.807, 2.05) is 0 Å². The first-order valence-corrected chi connectivity index (χ1v) is 10.4. The van der Waals surface area contributed by atoms with E-state index in [2.05, 4.69) is 30.3 Å². The molecular weight excluding hydrogens is 272 g/mol. The highest BCUT2D eigenvalue weighted by molar-refractivity contribution is 6.66. The number of likely N-dealkylation sites (N-methyl/N-ethyl adjacent to an activating group) is 1. The summed E-state index contributed by atoms with van der Waals surface area (Å²) in [4.78, 5) is 4.88. The molecular formula is C14H30N2O3Si. The van der Waals surface area contributed by atoms with E-state index in [9.17, 15) is 0 Å². The third kappa shape index (κ3) is 5.09. The van der Waals surface area contributed by atoms with Crippen molar-refractivity contribution in [3.05, 3.63) is 0 Å². The van der Waals surface area contributed by atoms with E-state index in [1.54, 1.807) is 0 Å². The first-order valence-electron chi connectivity index (χ1n) is 7.92. The Bertz CT molecular complexity index is 288. The van der Waals surface area contributed by atoms with Crippen molar-refractivity contribution in [2.24, 2.45) is 0 Å². The van der Waals surface area contributed by atoms with Gasteiger partial charge >= 0.3 is 8.56 Å². The van der Waals surface area contributed by atoms with Gasteiger partial charge in [-0.3, -0.25) is 4.90 Å². The lowest BCUT2D eigenvalue weighted by atomic mass is 10.3. The number of ether oxygens (including phenoxy) is 1. The van der Waals surface area contributed by atoms with Crippen LogP contribution in [0.25, 0.3) is 0 Å². The molecule has 2 rings (SSSR count). The van der Waals surface area contributed by atoms with Gasteiger partial charge in [-0.25, -0.2) is 0 Å². The van der Waals surface area contributed by atoms with Crippen LogP contribution in [0.15, 0.2) is 0 Å². The number of nitrogens with zero attached hydrogens (tertiary/aromatic N) is 2. The summed E-state index contributed by atoms with van der Waals surface area (Å²) in [5, 5.41) is 0. The number of hydrogen-bond donors (Lipinski definition) is 0. The van der Waals surface area contributed by atoms with E-state index in [1.165, 1.54) is 0 Å². The predicted molar refractivity (Wildman–Crippen MR) is 82.3 cm³/mol. The molecule has 0 aliphatic carbocycles. The van der Waals surface area contributed by atoms with Crippen molar-refractivity contribution in [2.45, 2.75) is 32.0 Å². The molecule has 2 unspecified atom stereocenters. The zero-order valence-corrected chi connectivity index (χ0v) is 14.3. The molecule has 2 aliphatic rings. The number of hydrogen-bond acceptors (Lipinski definition) is 5. The average molecular weight is 302 g/mol. The number of rotatable bonds is 4. The van der Waals surface area contributed by atoms with Gasteiger partial charge in [0.1, 0.15) is 0 Å². The summed E-state index contributed by atoms with van der Waals surface area (Å²) in [5.74, 6) is 0. The molecule has 0 radical (unpaired) electrons. The van der Waals surface area contributed by atoms with Crippen LogP contribution in [0.3, 0.4) is 0 Å². The van der Waals surface area contributed by atoms with Gasteiger partial charge in [0.2, 0.25) is 0 Å². The van der Waals surface area contributed by atoms with Crippen LogP contribution in [0.4, 0.5) is 0 Å². The van der Waals surface area contributed by atoms with E-state index in [0.29, 0.717) is 6.61 Å². The van der Waals surface area contributed by atoms with Crippen molar-refractivity contribution < 1.29 is 13.6 Å². The first kappa shape index (κ1) is 16.4. The summed E-state index contributed by atoms with van der Waals surface area (Å²) in [7, 11) is 0.189. The van der Waals surface area contributed by atoms with Gasteiger partial charge in [0.25, 0.3) is 0 Å². The largest absolute Gasteiger partial charge is 0.395 e. The molecule has 0 N–H and O–H groups in total. The minimum absolute atomic E-state index is 0.168. The summed E-state index contributed by atoms with van der Waals surface area (Å²) in [6.45, 7) is 12.1. The summed E-state index contributed by atoms with van der Waals surface area (Å²) in [6.07, 6.45) is 1.23. The Balaban J connectivity index is 1.87. The fourth-order valence-electron chi connectivity index (χ4n) is 2.98. The Morgan fingerprint density at radius 1 is 1.25 bits per heavy atom. The molecule has 2 saturated heterocycles. The van der Waals surface area contributed by atoms with Crippen LogP contribution in [0.1, 0.15) is 13.3 Å². The minimum atomic E-state index is -2.00. The maximum Gasteiger partial charge on any atom is 0.335 e. The standard InChI is InChI=1S/C14H30N2O3Si/c1-4-18-20(3)11-5-10-17-13-14(19-20)12-16-8-6-15(2)7-9-16/h14H,4-13H2,1-3H3. The molecule has 118 valence electrons. The molecule has 0 bridgehead atoms. The fourth-order valence-corrected chi connectivity index (χ4v) is 5.55. The van der Waals surface area contributed by atoms with Crippen LogP contribution in [0, 0.1) is 0 Å². The zero-order chi connectivity index (χ0) is 14.4. The van der Waals surface area contributed by atoms with Gasteiger partial charge < -0.3 is 18.5 Å². The van der Waals surface area contributed by atoms with Gasteiger partial charge in [0.15, 0.2) is 0 Å². The molecule has 0 saturated carbocycles. The van der Waals surface area contributed by atoms with Crippen LogP contribution < -0.4 is 0 Å². The van der Waals surface area contributed by atoms with Crippen LogP contribution in [0.2, 0.25) is 12.6 Å². The maximum absolute atomic E-state index is 6.39. The molecule has 2 fully saturated rings. The Morgan fingerprint density at radius 3 is 2.70 bits per heavy atom. The molecule has 6 heteroatoms. The average Bonchev–Trinajstić information content (AvgIpc) is 2.39. The lowest BCUT2D eigenvalue weighted by Gasteiger charge is -2.38. The molecule has 0 aromatic heterocycles. The summed E-state index contributed by atoms with van der Waals surface area (Å²) >= 11 is 0. The molecule has 0 amide bonds. The third-order valence-electron chi connectivity index (χ3n) is 4.15. The minimum Gasteiger partial charge on any atom is -0.395 e. The fraction of sp³-hybridized carbons (Fsp3) is 1.00. The van der Waals surface area contributed by atoms with Crippen LogP contribution in [0.5, 0.6) is 0 Å². The quantitative estimate of drug-likeness (QED) is 0.728. The molecule has 0 aromatic rings. The van der Waals surface area contributed by atoms with E-state index in [-0.39, 0.29) is 6.10 Å². The lowest BCUT2D eigenvalue weighted by molar-refractivity contribution is -0.00765. The van der Waals surface area contributed by atoms with Gasteiger partial charge in [-0.05, 0) is 33.0 Å². The molecule has 20 heavy (non-hydrogen) atoms. The highest BCUT2D eigenvalue weighted by Gasteiger charge is 2.36. The van der Waals surface area contributed by atoms with Crippen molar-refractivity contribution in [3.8, 4) is 0 Å². The van der Waals surface area contributed by atoms with Gasteiger partial charge in [0, 0.05) is 45.9 Å². The second-order valence-electron chi connectivity index (χ2n) is 6.09. The van der Waals surface area contributed by atoms with Crippen LogP contribution in [-0.2, 0) is 13.6 Å². The van der Waals surface area contributed by atoms with Gasteiger partial charge in [-0.2, -0.15) is 0 Å². The Labute approximate surface area is 124 Å². The van der Waals surface area contributed by atoms with Crippen molar-refractivity contribution >= 4 is 8.56 Å². The Morgan fingerprint density at radius 2 is 2.00 bits per heavy atom. The van der Waals surface area contributed by atoms with Gasteiger partial charge in [0.05, 0.1) is 12.7 Å². The third-order valence-corrected chi connectivity index (χ3v) is 7.14. The second kappa shape index (κ2) is 7.86. The SMILES string of the molecule is CCO[Si]1(C)CCCOCC(CN2CCN(C)CC2)O1. The van der Waals surface area contributed by atoms with Crippen molar-refractivity contribution in [1.82, 2.24) is 9.80 Å². The summed E-state index contributed by atoms with van der Waals surface area (Å²) in [6, 6.07) is 1.04. The zero-order valence-electron chi connectivity index (χ0n) is 13.3. The molecule has 2 aliphatic heterocycles. The van der Waals surface area contributed by atoms with E-state index < -0.39 is 8.56 Å². The number of piperazine rings is 1. The van der Waals surface area contributed by atoms with Crippen LogP contribution >= 0.6 is 0 Å². The van der Waals surface area contributed by atoms with Gasteiger partial charge in [-0.1, -0.05) is 0 Å². The lowest BCUT2D eigenvalue weighted by Crippen LogP contribution is -2.52. The molecule has 0 aromatic carbocycles. The highest BCUT2D eigenvalue weighted by atomic mass is 28.4. The highest BCUT2D eigenvalue weighted by Crippen LogP contribution is 2.21. The first-order chi connectivity index (χ1) is 9.61. The summed E-state index contributed by atoms with van der Waals surface area (Å²) in [5.41, 5.74) is 0. The molecule has 2 atom stereocenters. The van der Waals surface area contributed by atoms with E-state index in [0.717, 1.165) is 58.4 Å². The predicted octanol–water partition coefficient (Wildman–Crippen LogP) is 1.15. The Hall–Kier alpha value is 0.0169. The summed E-state index contributed by atoms with van der Waals surface area (Å²) < 4.78 is 18.1. The second-order valence-corrected chi connectivity index (χ2v) is 9.38. The van der Waals surface area contributed by atoms with Crippen molar-refractivity contribution in [3.63, 3.8) is 0 Å². The maximum atomic E-state index is 6.39. The smallest absolute Gasteiger partial charge is 0.335 e. The van der Waals surface area contributed by atoms with E-state index >= 15 is 0 Å². The molecule has 0 spiro atoms. The topological polar surface area (TPSA) is 34.2 Å². The van der Waals surface area contributed by atoms with Crippen molar-refractivity contribution in [1.29, 1.82) is 0 Å². The molecule has 2 heterocycles. The van der Waals surface area contributed by atoms with E-state index in [4.69, 9.17) is 13.6 Å². The normalized spacial score (nSPS) is 34.6. The van der Waals surface area contributed by atoms with Gasteiger partial charge in [-0.15, -0.1) is 0 Å². The van der Waals surface area contributed by atoms with Crippen molar-refractivity contribution in [2.75, 3.05) is 59.6 Å². The van der Waals surface area contributed by atoms with Crippen LogP contribution in [-0.4, -0.2) is 84.1 Å².